The first-order chi connectivity index (χ1) is 7.13. The quantitative estimate of drug-likeness (QED) is 0.625. The average Bonchev–Trinajstić information content (AvgIpc) is 2.26. The first-order valence-electron chi connectivity index (χ1n) is 4.50. The van der Waals surface area contributed by atoms with Gasteiger partial charge in [-0.15, -0.1) is 0 Å². The fourth-order valence-electron chi connectivity index (χ4n) is 0.978. The van der Waals surface area contributed by atoms with Gasteiger partial charge in [-0.1, -0.05) is 28.1 Å². The van der Waals surface area contributed by atoms with E-state index in [1.165, 1.54) is 7.11 Å². The van der Waals surface area contributed by atoms with Crippen LogP contribution in [0.15, 0.2) is 33.7 Å². The molecule has 0 radical (unpaired) electrons. The van der Waals surface area contributed by atoms with E-state index in [2.05, 4.69) is 25.7 Å². The predicted molar refractivity (Wildman–Crippen MR) is 63.2 cm³/mol. The minimum Gasteiger partial charge on any atom is -0.467 e. The van der Waals surface area contributed by atoms with Gasteiger partial charge in [0, 0.05) is 10.7 Å². The number of rotatable bonds is 3. The van der Waals surface area contributed by atoms with Gasteiger partial charge in [0.15, 0.2) is 0 Å². The number of methoxy groups -OCH3 is 1. The van der Waals surface area contributed by atoms with Crippen molar-refractivity contribution in [3.63, 3.8) is 0 Å². The Morgan fingerprint density at radius 3 is 2.60 bits per heavy atom. The highest BCUT2D eigenvalue weighted by Gasteiger charge is 2.09. The number of aliphatic imine (C=N–C) groups is 1. The zero-order chi connectivity index (χ0) is 11.3. The summed E-state index contributed by atoms with van der Waals surface area (Å²) in [6, 6.07) is 7.21. The Morgan fingerprint density at radius 2 is 2.07 bits per heavy atom. The maximum Gasteiger partial charge on any atom is 0.330 e. The van der Waals surface area contributed by atoms with Gasteiger partial charge in [-0.2, -0.15) is 0 Å². The minimum absolute atomic E-state index is 0.330. The lowest BCUT2D eigenvalue weighted by atomic mass is 10.2. The highest BCUT2D eigenvalue weighted by Crippen LogP contribution is 2.09. The smallest absolute Gasteiger partial charge is 0.330 e. The molecule has 0 aliphatic heterocycles. The van der Waals surface area contributed by atoms with Gasteiger partial charge in [0.25, 0.3) is 0 Å². The van der Waals surface area contributed by atoms with Gasteiger partial charge in [0.2, 0.25) is 0 Å². The number of carbonyl (C=O) groups is 1. The summed E-state index contributed by atoms with van der Waals surface area (Å²) in [4.78, 5) is 15.1. The summed E-state index contributed by atoms with van der Waals surface area (Å²) in [6.45, 7) is 1.70. The third kappa shape index (κ3) is 3.83. The molecular weight excluding hydrogens is 258 g/mol. The molecule has 0 spiro atoms. The summed E-state index contributed by atoms with van der Waals surface area (Å²) in [5.74, 6) is -0.330. The minimum atomic E-state index is -0.460. The maximum absolute atomic E-state index is 11.0. The van der Waals surface area contributed by atoms with E-state index < -0.39 is 6.04 Å². The number of carbonyl (C=O) groups excluding carboxylic acids is 1. The summed E-state index contributed by atoms with van der Waals surface area (Å²) < 4.78 is 5.57. The molecule has 0 aliphatic rings. The number of nitrogens with zero attached hydrogens (tertiary/aromatic N) is 1. The van der Waals surface area contributed by atoms with Crippen LogP contribution in [0.2, 0.25) is 0 Å². The molecule has 4 heteroatoms. The van der Waals surface area contributed by atoms with E-state index in [0.29, 0.717) is 0 Å². The second-order valence-electron chi connectivity index (χ2n) is 3.03. The van der Waals surface area contributed by atoms with Crippen LogP contribution in [0.25, 0.3) is 0 Å². The molecule has 0 saturated carbocycles. The van der Waals surface area contributed by atoms with Crippen LogP contribution in [0.3, 0.4) is 0 Å². The lowest BCUT2D eigenvalue weighted by molar-refractivity contribution is -0.141. The van der Waals surface area contributed by atoms with Crippen LogP contribution in [-0.2, 0) is 9.53 Å². The van der Waals surface area contributed by atoms with Gasteiger partial charge < -0.3 is 4.74 Å². The molecule has 0 heterocycles. The number of hydrogen-bond acceptors (Lipinski definition) is 3. The molecule has 0 fully saturated rings. The van der Waals surface area contributed by atoms with Crippen molar-refractivity contribution >= 4 is 28.1 Å². The fraction of sp³-hybridized carbons (Fsp3) is 0.273. The maximum atomic E-state index is 11.0. The monoisotopic (exact) mass is 269 g/mol. The standard InChI is InChI=1S/C11H12BrNO2/c1-8(11(14)15-2)13-7-9-3-5-10(12)6-4-9/h3-8H,1-2H3/t8-/m0/s1. The Kier molecular flexibility index (Phi) is 4.49. The molecule has 1 rings (SSSR count). The highest BCUT2D eigenvalue weighted by molar-refractivity contribution is 9.10. The SMILES string of the molecule is COC(=O)[C@H](C)N=Cc1ccc(Br)cc1. The topological polar surface area (TPSA) is 38.7 Å². The fourth-order valence-corrected chi connectivity index (χ4v) is 1.24. The molecule has 0 aromatic heterocycles. The summed E-state index contributed by atoms with van der Waals surface area (Å²) in [7, 11) is 1.36. The molecule has 0 saturated heterocycles. The van der Waals surface area contributed by atoms with E-state index in [0.717, 1.165) is 10.0 Å². The van der Waals surface area contributed by atoms with Gasteiger partial charge in [-0.3, -0.25) is 4.99 Å². The first-order valence-corrected chi connectivity index (χ1v) is 5.29. The average molecular weight is 270 g/mol. The Bertz CT molecular complexity index is 359. The van der Waals surface area contributed by atoms with Crippen LogP contribution in [0, 0.1) is 0 Å². The van der Waals surface area contributed by atoms with E-state index in [1.54, 1.807) is 13.1 Å². The molecule has 80 valence electrons. The van der Waals surface area contributed by atoms with Gasteiger partial charge in [0.1, 0.15) is 6.04 Å². The Hall–Kier alpha value is -1.16. The summed E-state index contributed by atoms with van der Waals surface area (Å²) in [6.07, 6.45) is 1.66. The van der Waals surface area contributed by atoms with Crippen molar-refractivity contribution in [1.29, 1.82) is 0 Å². The molecule has 0 N–H and O–H groups in total. The second kappa shape index (κ2) is 5.66. The zero-order valence-electron chi connectivity index (χ0n) is 8.61. The Labute approximate surface area is 97.3 Å². The van der Waals surface area contributed by atoms with Crippen LogP contribution in [0.5, 0.6) is 0 Å². The van der Waals surface area contributed by atoms with Crippen molar-refractivity contribution in [2.24, 2.45) is 4.99 Å². The predicted octanol–water partition coefficient (Wildman–Crippen LogP) is 2.43. The van der Waals surface area contributed by atoms with Gasteiger partial charge in [-0.25, -0.2) is 4.79 Å². The largest absolute Gasteiger partial charge is 0.467 e. The van der Waals surface area contributed by atoms with E-state index in [9.17, 15) is 4.79 Å². The van der Waals surface area contributed by atoms with Crippen molar-refractivity contribution in [2.45, 2.75) is 13.0 Å². The highest BCUT2D eigenvalue weighted by atomic mass is 79.9. The van der Waals surface area contributed by atoms with E-state index >= 15 is 0 Å². The third-order valence-electron chi connectivity index (χ3n) is 1.86. The molecule has 1 atom stereocenters. The van der Waals surface area contributed by atoms with Crippen molar-refractivity contribution in [3.05, 3.63) is 34.3 Å². The van der Waals surface area contributed by atoms with E-state index in [-0.39, 0.29) is 5.97 Å². The molecule has 0 unspecified atom stereocenters. The lowest BCUT2D eigenvalue weighted by Gasteiger charge is -2.02. The molecule has 3 nitrogen and oxygen atoms in total. The molecule has 0 bridgehead atoms. The molecule has 1 aromatic rings. The molecular formula is C11H12BrNO2. The zero-order valence-corrected chi connectivity index (χ0v) is 10.2. The molecule has 0 amide bonds. The summed E-state index contributed by atoms with van der Waals surface area (Å²) in [5.41, 5.74) is 0.953. The second-order valence-corrected chi connectivity index (χ2v) is 3.94. The number of esters is 1. The lowest BCUT2D eigenvalue weighted by Crippen LogP contribution is -2.16. The molecule has 15 heavy (non-hydrogen) atoms. The van der Waals surface area contributed by atoms with Crippen LogP contribution >= 0.6 is 15.9 Å². The first kappa shape index (κ1) is 11.9. The number of halogens is 1. The van der Waals surface area contributed by atoms with Crippen molar-refractivity contribution < 1.29 is 9.53 Å². The molecule has 1 aromatic carbocycles. The number of benzene rings is 1. The molecule has 0 aliphatic carbocycles. The van der Waals surface area contributed by atoms with Gasteiger partial charge in [-0.05, 0) is 24.6 Å². The summed E-state index contributed by atoms with van der Waals surface area (Å²) >= 11 is 3.34. The number of ether oxygens (including phenoxy) is 1. The van der Waals surface area contributed by atoms with Crippen molar-refractivity contribution in [2.75, 3.05) is 7.11 Å². The third-order valence-corrected chi connectivity index (χ3v) is 2.39. The number of hydrogen-bond donors (Lipinski definition) is 0. The van der Waals surface area contributed by atoms with Crippen LogP contribution in [-0.4, -0.2) is 25.3 Å². The van der Waals surface area contributed by atoms with Crippen LogP contribution in [0.4, 0.5) is 0 Å². The Morgan fingerprint density at radius 1 is 1.47 bits per heavy atom. The van der Waals surface area contributed by atoms with Crippen molar-refractivity contribution in [1.82, 2.24) is 0 Å². The van der Waals surface area contributed by atoms with Gasteiger partial charge in [0.05, 0.1) is 7.11 Å². The van der Waals surface area contributed by atoms with Gasteiger partial charge >= 0.3 is 5.97 Å². The van der Waals surface area contributed by atoms with Crippen molar-refractivity contribution in [3.8, 4) is 0 Å². The van der Waals surface area contributed by atoms with Crippen LogP contribution < -0.4 is 0 Å². The summed E-state index contributed by atoms with van der Waals surface area (Å²) in [5, 5.41) is 0. The Balaban J connectivity index is 2.65. The normalized spacial score (nSPS) is 12.7. The van der Waals surface area contributed by atoms with Crippen LogP contribution in [0.1, 0.15) is 12.5 Å². The van der Waals surface area contributed by atoms with E-state index in [4.69, 9.17) is 0 Å². The van der Waals surface area contributed by atoms with E-state index in [1.807, 2.05) is 24.3 Å².